The first kappa shape index (κ1) is 17.4. The predicted octanol–water partition coefficient (Wildman–Crippen LogP) is 3.20. The first-order valence-corrected chi connectivity index (χ1v) is 8.30. The normalized spacial score (nSPS) is 10.2. The standard InChI is InChI=1S/C20H20N4O2/c1-26-17-9-5-6-15(12-17)10-11-21-20(25)18-13-19(23-14-22-18)24-16-7-3-2-4-8-16/h2-9,12-14H,10-11H2,1H3,(H,21,25)(H,22,23,24). The van der Waals surface area contributed by atoms with Gasteiger partial charge >= 0.3 is 0 Å². The number of benzene rings is 2. The number of nitrogens with one attached hydrogen (secondary N) is 2. The highest BCUT2D eigenvalue weighted by atomic mass is 16.5. The molecule has 6 heteroatoms. The second-order valence-corrected chi connectivity index (χ2v) is 5.64. The van der Waals surface area contributed by atoms with Crippen molar-refractivity contribution >= 4 is 17.4 Å². The van der Waals surface area contributed by atoms with Crippen molar-refractivity contribution < 1.29 is 9.53 Å². The van der Waals surface area contributed by atoms with Crippen LogP contribution in [0.5, 0.6) is 5.75 Å². The molecular weight excluding hydrogens is 328 g/mol. The minimum Gasteiger partial charge on any atom is -0.497 e. The molecule has 0 radical (unpaired) electrons. The lowest BCUT2D eigenvalue weighted by Crippen LogP contribution is -2.26. The minimum atomic E-state index is -0.230. The molecule has 0 aliphatic rings. The highest BCUT2D eigenvalue weighted by molar-refractivity contribution is 5.92. The first-order valence-electron chi connectivity index (χ1n) is 8.30. The summed E-state index contributed by atoms with van der Waals surface area (Å²) in [4.78, 5) is 20.5. The molecule has 2 aromatic carbocycles. The van der Waals surface area contributed by atoms with Crippen LogP contribution in [0.15, 0.2) is 67.0 Å². The SMILES string of the molecule is COc1cccc(CCNC(=O)c2cc(Nc3ccccc3)ncn2)c1. The largest absolute Gasteiger partial charge is 0.497 e. The molecule has 0 aliphatic heterocycles. The van der Waals surface area contributed by atoms with E-state index >= 15 is 0 Å². The molecule has 3 rings (SSSR count). The Morgan fingerprint density at radius 3 is 2.69 bits per heavy atom. The first-order chi connectivity index (χ1) is 12.7. The third-order valence-corrected chi connectivity index (χ3v) is 3.78. The molecule has 1 amide bonds. The number of rotatable bonds is 7. The summed E-state index contributed by atoms with van der Waals surface area (Å²) in [6.07, 6.45) is 2.09. The number of carbonyl (C=O) groups is 1. The number of amides is 1. The van der Waals surface area contributed by atoms with Gasteiger partial charge < -0.3 is 15.4 Å². The lowest BCUT2D eigenvalue weighted by Gasteiger charge is -2.08. The maximum atomic E-state index is 12.3. The summed E-state index contributed by atoms with van der Waals surface area (Å²) in [5.74, 6) is 1.15. The second-order valence-electron chi connectivity index (χ2n) is 5.64. The number of methoxy groups -OCH3 is 1. The summed E-state index contributed by atoms with van der Waals surface area (Å²) >= 11 is 0. The Hall–Kier alpha value is -3.41. The van der Waals surface area contributed by atoms with E-state index in [1.54, 1.807) is 13.2 Å². The van der Waals surface area contributed by atoms with Crippen molar-refractivity contribution in [3.05, 3.63) is 78.2 Å². The number of aromatic nitrogens is 2. The van der Waals surface area contributed by atoms with Gasteiger partial charge in [0.2, 0.25) is 0 Å². The summed E-state index contributed by atoms with van der Waals surface area (Å²) in [6.45, 7) is 0.511. The number of carbonyl (C=O) groups excluding carboxylic acids is 1. The molecule has 1 heterocycles. The molecule has 0 fully saturated rings. The van der Waals surface area contributed by atoms with E-state index in [-0.39, 0.29) is 5.91 Å². The van der Waals surface area contributed by atoms with Gasteiger partial charge in [0.05, 0.1) is 7.11 Å². The van der Waals surface area contributed by atoms with Gasteiger partial charge in [-0.1, -0.05) is 30.3 Å². The van der Waals surface area contributed by atoms with E-state index < -0.39 is 0 Å². The van der Waals surface area contributed by atoms with Gasteiger partial charge in [-0.25, -0.2) is 9.97 Å². The molecule has 0 spiro atoms. The number of hydrogen-bond donors (Lipinski definition) is 2. The van der Waals surface area contributed by atoms with E-state index in [1.165, 1.54) is 6.33 Å². The van der Waals surface area contributed by atoms with Crippen LogP contribution >= 0.6 is 0 Å². The Kier molecular flexibility index (Phi) is 5.77. The van der Waals surface area contributed by atoms with Gasteiger partial charge in [-0.15, -0.1) is 0 Å². The van der Waals surface area contributed by atoms with Gasteiger partial charge in [0.15, 0.2) is 0 Å². The van der Waals surface area contributed by atoms with E-state index in [1.807, 2.05) is 54.6 Å². The minimum absolute atomic E-state index is 0.230. The van der Waals surface area contributed by atoms with Crippen molar-refractivity contribution in [3.8, 4) is 5.75 Å². The number of hydrogen-bond acceptors (Lipinski definition) is 5. The van der Waals surface area contributed by atoms with Gasteiger partial charge in [-0.05, 0) is 36.2 Å². The molecule has 6 nitrogen and oxygen atoms in total. The number of para-hydroxylation sites is 1. The molecule has 0 saturated carbocycles. The summed E-state index contributed by atoms with van der Waals surface area (Å²) < 4.78 is 5.20. The van der Waals surface area contributed by atoms with Crippen molar-refractivity contribution in [2.45, 2.75) is 6.42 Å². The van der Waals surface area contributed by atoms with Crippen molar-refractivity contribution in [3.63, 3.8) is 0 Å². The fourth-order valence-corrected chi connectivity index (χ4v) is 2.46. The lowest BCUT2D eigenvalue weighted by atomic mass is 10.1. The maximum absolute atomic E-state index is 12.3. The predicted molar refractivity (Wildman–Crippen MR) is 101 cm³/mol. The average Bonchev–Trinajstić information content (AvgIpc) is 2.69. The maximum Gasteiger partial charge on any atom is 0.270 e. The Balaban J connectivity index is 1.56. The molecule has 0 aliphatic carbocycles. The molecular formula is C20H20N4O2. The van der Waals surface area contributed by atoms with Crippen molar-refractivity contribution in [2.75, 3.05) is 19.0 Å². The van der Waals surface area contributed by atoms with Crippen LogP contribution in [0.2, 0.25) is 0 Å². The van der Waals surface area contributed by atoms with E-state index in [4.69, 9.17) is 4.74 Å². The molecule has 3 aromatic rings. The Labute approximate surface area is 152 Å². The van der Waals surface area contributed by atoms with Crippen LogP contribution in [-0.2, 0) is 6.42 Å². The third-order valence-electron chi connectivity index (χ3n) is 3.78. The number of nitrogens with zero attached hydrogens (tertiary/aromatic N) is 2. The summed E-state index contributed by atoms with van der Waals surface area (Å²) in [5, 5.41) is 6.03. The lowest BCUT2D eigenvalue weighted by molar-refractivity contribution is 0.0949. The van der Waals surface area contributed by atoms with Crippen LogP contribution in [0.1, 0.15) is 16.1 Å². The highest BCUT2D eigenvalue weighted by Gasteiger charge is 2.08. The molecule has 0 atom stereocenters. The van der Waals surface area contributed by atoms with Crippen LogP contribution in [0.4, 0.5) is 11.5 Å². The van der Waals surface area contributed by atoms with E-state index in [2.05, 4.69) is 20.6 Å². The zero-order valence-electron chi connectivity index (χ0n) is 14.5. The zero-order chi connectivity index (χ0) is 18.2. The molecule has 2 N–H and O–H groups in total. The Morgan fingerprint density at radius 1 is 1.04 bits per heavy atom. The molecule has 0 unspecified atom stereocenters. The second kappa shape index (κ2) is 8.62. The van der Waals surface area contributed by atoms with Gasteiger partial charge in [-0.3, -0.25) is 4.79 Å². The van der Waals surface area contributed by atoms with Crippen LogP contribution in [-0.4, -0.2) is 29.5 Å². The summed E-state index contributed by atoms with van der Waals surface area (Å²) in [5.41, 5.74) is 2.32. The van der Waals surface area contributed by atoms with Crippen molar-refractivity contribution in [2.24, 2.45) is 0 Å². The summed E-state index contributed by atoms with van der Waals surface area (Å²) in [7, 11) is 1.64. The summed E-state index contributed by atoms with van der Waals surface area (Å²) in [6, 6.07) is 19.1. The molecule has 0 bridgehead atoms. The Morgan fingerprint density at radius 2 is 1.88 bits per heavy atom. The van der Waals surface area contributed by atoms with Crippen LogP contribution < -0.4 is 15.4 Å². The van der Waals surface area contributed by atoms with Gasteiger partial charge in [0, 0.05) is 18.3 Å². The number of ether oxygens (including phenoxy) is 1. The highest BCUT2D eigenvalue weighted by Crippen LogP contribution is 2.14. The van der Waals surface area contributed by atoms with Crippen molar-refractivity contribution in [1.29, 1.82) is 0 Å². The fourth-order valence-electron chi connectivity index (χ4n) is 2.46. The van der Waals surface area contributed by atoms with E-state index in [9.17, 15) is 4.79 Å². The fraction of sp³-hybridized carbons (Fsp3) is 0.150. The van der Waals surface area contributed by atoms with Crippen molar-refractivity contribution in [1.82, 2.24) is 15.3 Å². The van der Waals surface area contributed by atoms with Gasteiger partial charge in [0.1, 0.15) is 23.6 Å². The molecule has 26 heavy (non-hydrogen) atoms. The molecule has 1 aromatic heterocycles. The van der Waals surface area contributed by atoms with E-state index in [0.717, 1.165) is 17.0 Å². The Bertz CT molecular complexity index is 868. The zero-order valence-corrected chi connectivity index (χ0v) is 14.5. The monoisotopic (exact) mass is 348 g/mol. The molecule has 132 valence electrons. The van der Waals surface area contributed by atoms with Crippen LogP contribution in [0.3, 0.4) is 0 Å². The van der Waals surface area contributed by atoms with Crippen LogP contribution in [0.25, 0.3) is 0 Å². The smallest absolute Gasteiger partial charge is 0.270 e. The quantitative estimate of drug-likeness (QED) is 0.686. The van der Waals surface area contributed by atoms with Gasteiger partial charge in [-0.2, -0.15) is 0 Å². The molecule has 0 saturated heterocycles. The van der Waals surface area contributed by atoms with E-state index in [0.29, 0.717) is 24.5 Å². The average molecular weight is 348 g/mol. The van der Waals surface area contributed by atoms with Crippen LogP contribution in [0, 0.1) is 0 Å². The topological polar surface area (TPSA) is 76.1 Å². The third kappa shape index (κ3) is 4.80. The number of anilines is 2. The van der Waals surface area contributed by atoms with Gasteiger partial charge in [0.25, 0.3) is 5.91 Å².